The molecule has 0 amide bonds. The van der Waals surface area contributed by atoms with E-state index in [1.165, 1.54) is 6.42 Å². The van der Waals surface area contributed by atoms with Gasteiger partial charge in [-0.3, -0.25) is 0 Å². The first kappa shape index (κ1) is 7.03. The lowest BCUT2D eigenvalue weighted by Gasteiger charge is -2.25. The van der Waals surface area contributed by atoms with Crippen molar-refractivity contribution in [3.63, 3.8) is 0 Å². The Kier molecular flexibility index (Phi) is 2.49. The number of rotatable bonds is 1. The van der Waals surface area contributed by atoms with E-state index in [1.807, 2.05) is 0 Å². The van der Waals surface area contributed by atoms with E-state index in [0.717, 1.165) is 19.5 Å². The first-order valence-corrected chi connectivity index (χ1v) is 3.71. The highest BCUT2D eigenvalue weighted by Gasteiger charge is 2.17. The molecule has 9 heavy (non-hydrogen) atoms. The van der Waals surface area contributed by atoms with Gasteiger partial charge in [0, 0.05) is 6.54 Å². The summed E-state index contributed by atoms with van der Waals surface area (Å²) in [6.45, 7) is 4.05. The second-order valence-corrected chi connectivity index (χ2v) is 2.82. The molecular formula is C7H15NO. The van der Waals surface area contributed by atoms with Gasteiger partial charge in [-0.05, 0) is 18.9 Å². The van der Waals surface area contributed by atoms with Crippen LogP contribution in [0.1, 0.15) is 19.8 Å². The third-order valence-corrected chi connectivity index (χ3v) is 2.00. The Labute approximate surface area is 56.3 Å². The maximum Gasteiger partial charge on any atom is 0.0667 e. The molecule has 2 heteroatoms. The summed E-state index contributed by atoms with van der Waals surface area (Å²) in [5.74, 6) is 0.703. The molecule has 2 N–H and O–H groups in total. The molecule has 0 radical (unpaired) electrons. The normalized spacial score (nSPS) is 36.7. The number of aliphatic hydroxyl groups is 1. The van der Waals surface area contributed by atoms with Crippen molar-refractivity contribution in [2.45, 2.75) is 25.9 Å². The minimum Gasteiger partial charge on any atom is -0.392 e. The van der Waals surface area contributed by atoms with Crippen LogP contribution in [0.3, 0.4) is 0 Å². The van der Waals surface area contributed by atoms with Gasteiger partial charge in [-0.15, -0.1) is 0 Å². The summed E-state index contributed by atoms with van der Waals surface area (Å²) in [4.78, 5) is 0. The Morgan fingerprint density at radius 2 is 2.33 bits per heavy atom. The van der Waals surface area contributed by atoms with Gasteiger partial charge in [0.15, 0.2) is 0 Å². The zero-order valence-electron chi connectivity index (χ0n) is 5.93. The molecule has 1 aliphatic heterocycles. The van der Waals surface area contributed by atoms with Crippen LogP contribution in [-0.4, -0.2) is 24.3 Å². The van der Waals surface area contributed by atoms with Crippen LogP contribution in [0.4, 0.5) is 0 Å². The predicted octanol–water partition coefficient (Wildman–Crippen LogP) is 0.367. The van der Waals surface area contributed by atoms with Crippen LogP contribution >= 0.6 is 0 Å². The van der Waals surface area contributed by atoms with Crippen LogP contribution < -0.4 is 5.32 Å². The minimum absolute atomic E-state index is 0.0938. The average Bonchev–Trinajstić information content (AvgIpc) is 1.88. The van der Waals surface area contributed by atoms with E-state index >= 15 is 0 Å². The summed E-state index contributed by atoms with van der Waals surface area (Å²) >= 11 is 0. The molecule has 0 unspecified atom stereocenters. The summed E-state index contributed by atoms with van der Waals surface area (Å²) in [5, 5.41) is 12.3. The molecule has 1 rings (SSSR count). The van der Waals surface area contributed by atoms with Crippen molar-refractivity contribution in [2.75, 3.05) is 13.1 Å². The van der Waals surface area contributed by atoms with Gasteiger partial charge in [0.25, 0.3) is 0 Å². The highest BCUT2D eigenvalue weighted by Crippen LogP contribution is 2.12. The number of piperidine rings is 1. The monoisotopic (exact) mass is 129 g/mol. The van der Waals surface area contributed by atoms with Gasteiger partial charge in [0.2, 0.25) is 0 Å². The largest absolute Gasteiger partial charge is 0.392 e. The maximum atomic E-state index is 9.15. The molecule has 0 bridgehead atoms. The summed E-state index contributed by atoms with van der Waals surface area (Å²) < 4.78 is 0. The third-order valence-electron chi connectivity index (χ3n) is 2.00. The zero-order valence-corrected chi connectivity index (χ0v) is 5.93. The van der Waals surface area contributed by atoms with Crippen molar-refractivity contribution in [3.05, 3.63) is 0 Å². The molecular weight excluding hydrogens is 114 g/mol. The number of aliphatic hydroxyl groups excluding tert-OH is 1. The van der Waals surface area contributed by atoms with E-state index in [-0.39, 0.29) is 6.10 Å². The number of hydrogen-bond donors (Lipinski definition) is 2. The second kappa shape index (κ2) is 3.18. The smallest absolute Gasteiger partial charge is 0.0667 e. The third kappa shape index (κ3) is 1.95. The Morgan fingerprint density at radius 1 is 1.56 bits per heavy atom. The fourth-order valence-corrected chi connectivity index (χ4v) is 1.32. The topological polar surface area (TPSA) is 32.3 Å². The van der Waals surface area contributed by atoms with Gasteiger partial charge in [-0.2, -0.15) is 0 Å². The molecule has 1 saturated heterocycles. The molecule has 54 valence electrons. The molecule has 1 heterocycles. The Bertz CT molecular complexity index is 85.0. The lowest BCUT2D eigenvalue weighted by molar-refractivity contribution is 0.113. The van der Waals surface area contributed by atoms with Crippen LogP contribution in [0, 0.1) is 5.92 Å². The summed E-state index contributed by atoms with van der Waals surface area (Å²) in [5.41, 5.74) is 0. The first-order chi connectivity index (χ1) is 4.33. The summed E-state index contributed by atoms with van der Waals surface area (Å²) in [6, 6.07) is 0. The van der Waals surface area contributed by atoms with Crippen molar-refractivity contribution in [3.8, 4) is 0 Å². The first-order valence-electron chi connectivity index (χ1n) is 3.71. The van der Waals surface area contributed by atoms with E-state index in [0.29, 0.717) is 5.92 Å². The molecule has 0 aromatic heterocycles. The van der Waals surface area contributed by atoms with Crippen molar-refractivity contribution >= 4 is 0 Å². The average molecular weight is 129 g/mol. The Balaban J connectivity index is 2.23. The van der Waals surface area contributed by atoms with Crippen LogP contribution in [0.25, 0.3) is 0 Å². The quantitative estimate of drug-likeness (QED) is 0.536. The van der Waals surface area contributed by atoms with Crippen LogP contribution in [0.15, 0.2) is 0 Å². The fraction of sp³-hybridized carbons (Fsp3) is 1.00. The molecule has 1 fully saturated rings. The zero-order chi connectivity index (χ0) is 6.69. The van der Waals surface area contributed by atoms with Gasteiger partial charge < -0.3 is 10.4 Å². The van der Waals surface area contributed by atoms with Crippen molar-refractivity contribution in [1.29, 1.82) is 0 Å². The van der Waals surface area contributed by atoms with Crippen LogP contribution in [0.5, 0.6) is 0 Å². The second-order valence-electron chi connectivity index (χ2n) is 2.82. The highest BCUT2D eigenvalue weighted by atomic mass is 16.3. The van der Waals surface area contributed by atoms with Gasteiger partial charge in [-0.25, -0.2) is 0 Å². The predicted molar refractivity (Wildman–Crippen MR) is 37.3 cm³/mol. The van der Waals surface area contributed by atoms with Crippen LogP contribution in [-0.2, 0) is 0 Å². The molecule has 1 aliphatic rings. The number of nitrogens with one attached hydrogen (secondary N) is 1. The molecule has 2 nitrogen and oxygen atoms in total. The van der Waals surface area contributed by atoms with E-state index in [2.05, 4.69) is 12.2 Å². The van der Waals surface area contributed by atoms with Crippen molar-refractivity contribution in [1.82, 2.24) is 5.32 Å². The highest BCUT2D eigenvalue weighted by molar-refractivity contribution is 4.73. The van der Waals surface area contributed by atoms with E-state index < -0.39 is 0 Å². The number of hydrogen-bond acceptors (Lipinski definition) is 2. The van der Waals surface area contributed by atoms with Gasteiger partial charge >= 0.3 is 0 Å². The number of β-amino-alcohol motifs (C(OH)–C–C–N with tert-alkyl or cyclic N) is 1. The molecule has 0 aromatic rings. The lowest BCUT2D eigenvalue weighted by Crippen LogP contribution is -2.38. The van der Waals surface area contributed by atoms with Gasteiger partial charge in [0.1, 0.15) is 0 Å². The fourth-order valence-electron chi connectivity index (χ4n) is 1.32. The maximum absolute atomic E-state index is 9.15. The van der Waals surface area contributed by atoms with Crippen molar-refractivity contribution in [2.24, 2.45) is 5.92 Å². The Hall–Kier alpha value is -0.0800. The lowest BCUT2D eigenvalue weighted by atomic mass is 9.95. The standard InChI is InChI=1S/C7H15NO/c1-2-6-3-7(9)5-8-4-6/h6-9H,2-5H2,1H3/t6-,7+/m0/s1. The molecule has 0 aliphatic carbocycles. The molecule has 0 aromatic carbocycles. The molecule has 0 saturated carbocycles. The molecule has 0 spiro atoms. The minimum atomic E-state index is -0.0938. The molecule has 2 atom stereocenters. The summed E-state index contributed by atoms with van der Waals surface area (Å²) in [7, 11) is 0. The Morgan fingerprint density at radius 3 is 2.78 bits per heavy atom. The van der Waals surface area contributed by atoms with E-state index in [1.54, 1.807) is 0 Å². The van der Waals surface area contributed by atoms with Gasteiger partial charge in [-0.1, -0.05) is 13.3 Å². The van der Waals surface area contributed by atoms with Crippen LogP contribution in [0.2, 0.25) is 0 Å². The SMILES string of the molecule is CC[C@@H]1CNC[C@H](O)C1. The van der Waals surface area contributed by atoms with E-state index in [9.17, 15) is 0 Å². The van der Waals surface area contributed by atoms with E-state index in [4.69, 9.17) is 5.11 Å². The van der Waals surface area contributed by atoms with Crippen molar-refractivity contribution < 1.29 is 5.11 Å². The summed E-state index contributed by atoms with van der Waals surface area (Å²) in [6.07, 6.45) is 2.08. The van der Waals surface area contributed by atoms with Gasteiger partial charge in [0.05, 0.1) is 6.10 Å².